The van der Waals surface area contributed by atoms with E-state index < -0.39 is 6.29 Å². The quantitative estimate of drug-likeness (QED) is 0.484. The lowest BCUT2D eigenvalue weighted by atomic mass is 10.3. The normalized spacial score (nSPS) is 10.6. The topological polar surface area (TPSA) is 56.2 Å². The van der Waals surface area contributed by atoms with Crippen molar-refractivity contribution in [3.63, 3.8) is 0 Å². The van der Waals surface area contributed by atoms with Gasteiger partial charge < -0.3 is 15.2 Å². The van der Waals surface area contributed by atoms with Crippen molar-refractivity contribution in [2.45, 2.75) is 12.7 Å². The molecule has 1 aromatic rings. The van der Waals surface area contributed by atoms with E-state index in [4.69, 9.17) is 10.2 Å². The first kappa shape index (κ1) is 6.32. The summed E-state index contributed by atoms with van der Waals surface area (Å²) in [5.41, 5.74) is 0.838. The molecular formula is C6H9NO2. The number of hydrogen-bond donors (Lipinski definition) is 3. The highest BCUT2D eigenvalue weighted by molar-refractivity contribution is 5.03. The fourth-order valence-corrected chi connectivity index (χ4v) is 0.691. The van der Waals surface area contributed by atoms with Crippen LogP contribution < -0.4 is 0 Å². The number of aromatic amines is 1. The standard InChI is InChI=1S/C6H9NO2/c8-6(9)4-5-2-1-3-7-5/h1-3,6-9H,4H2. The van der Waals surface area contributed by atoms with Crippen LogP contribution in [-0.4, -0.2) is 21.5 Å². The minimum Gasteiger partial charge on any atom is -0.368 e. The number of aliphatic hydroxyl groups excluding tert-OH is 1. The van der Waals surface area contributed by atoms with Gasteiger partial charge in [-0.1, -0.05) is 0 Å². The van der Waals surface area contributed by atoms with Gasteiger partial charge in [-0.25, -0.2) is 0 Å². The Kier molecular flexibility index (Phi) is 1.87. The lowest BCUT2D eigenvalue weighted by molar-refractivity contribution is -0.0387. The molecule has 0 spiro atoms. The number of hydrogen-bond acceptors (Lipinski definition) is 2. The Bertz CT molecular complexity index is 158. The first-order valence-corrected chi connectivity index (χ1v) is 2.77. The number of nitrogens with one attached hydrogen (secondary N) is 1. The molecule has 3 nitrogen and oxygen atoms in total. The number of aromatic nitrogens is 1. The van der Waals surface area contributed by atoms with E-state index in [9.17, 15) is 0 Å². The molecule has 0 bridgehead atoms. The van der Waals surface area contributed by atoms with Crippen LogP contribution in [0.4, 0.5) is 0 Å². The van der Waals surface area contributed by atoms with E-state index in [0.29, 0.717) is 0 Å². The van der Waals surface area contributed by atoms with Crippen LogP contribution in [0, 0.1) is 0 Å². The molecular weight excluding hydrogens is 118 g/mol. The van der Waals surface area contributed by atoms with Crippen molar-refractivity contribution in [2.24, 2.45) is 0 Å². The van der Waals surface area contributed by atoms with Crippen LogP contribution in [-0.2, 0) is 6.42 Å². The zero-order chi connectivity index (χ0) is 6.69. The summed E-state index contributed by atoms with van der Waals surface area (Å²) in [4.78, 5) is 2.85. The Hall–Kier alpha value is -0.800. The van der Waals surface area contributed by atoms with Gasteiger partial charge in [0.1, 0.15) is 0 Å². The van der Waals surface area contributed by atoms with E-state index in [0.717, 1.165) is 5.69 Å². The third-order valence-electron chi connectivity index (χ3n) is 1.06. The van der Waals surface area contributed by atoms with Crippen LogP contribution in [0.25, 0.3) is 0 Å². The highest BCUT2D eigenvalue weighted by Gasteiger charge is 1.98. The van der Waals surface area contributed by atoms with Crippen molar-refractivity contribution in [1.82, 2.24) is 4.98 Å². The van der Waals surface area contributed by atoms with Gasteiger partial charge in [0.2, 0.25) is 0 Å². The van der Waals surface area contributed by atoms with Gasteiger partial charge in [0.15, 0.2) is 6.29 Å². The van der Waals surface area contributed by atoms with Gasteiger partial charge in [-0.05, 0) is 12.1 Å². The Morgan fingerprint density at radius 1 is 1.56 bits per heavy atom. The highest BCUT2D eigenvalue weighted by atomic mass is 16.5. The molecule has 0 aliphatic rings. The first-order chi connectivity index (χ1) is 4.29. The highest BCUT2D eigenvalue weighted by Crippen LogP contribution is 1.96. The van der Waals surface area contributed by atoms with Gasteiger partial charge in [-0.15, -0.1) is 0 Å². The summed E-state index contributed by atoms with van der Waals surface area (Å²) in [6.07, 6.45) is 0.772. The maximum absolute atomic E-state index is 8.46. The maximum Gasteiger partial charge on any atom is 0.156 e. The smallest absolute Gasteiger partial charge is 0.156 e. The first-order valence-electron chi connectivity index (χ1n) is 2.77. The summed E-state index contributed by atoms with van der Waals surface area (Å²) in [5, 5.41) is 16.9. The van der Waals surface area contributed by atoms with Crippen LogP contribution >= 0.6 is 0 Å². The second-order valence-electron chi connectivity index (χ2n) is 1.88. The molecule has 0 aliphatic heterocycles. The van der Waals surface area contributed by atoms with E-state index in [1.807, 2.05) is 6.07 Å². The Morgan fingerprint density at radius 2 is 2.33 bits per heavy atom. The van der Waals surface area contributed by atoms with Crippen molar-refractivity contribution in [2.75, 3.05) is 0 Å². The SMILES string of the molecule is OC(O)Cc1ccc[nH]1. The second-order valence-corrected chi connectivity index (χ2v) is 1.88. The van der Waals surface area contributed by atoms with Gasteiger partial charge in [-0.2, -0.15) is 0 Å². The molecule has 50 valence electrons. The minimum atomic E-state index is -1.25. The van der Waals surface area contributed by atoms with Gasteiger partial charge in [0.05, 0.1) is 0 Å². The molecule has 1 rings (SSSR count). The lowest BCUT2D eigenvalue weighted by Gasteiger charge is -1.98. The van der Waals surface area contributed by atoms with Crippen molar-refractivity contribution in [3.8, 4) is 0 Å². The molecule has 0 amide bonds. The van der Waals surface area contributed by atoms with E-state index in [1.54, 1.807) is 12.3 Å². The van der Waals surface area contributed by atoms with Crippen molar-refractivity contribution in [3.05, 3.63) is 24.0 Å². The summed E-state index contributed by atoms with van der Waals surface area (Å²) in [6.45, 7) is 0. The average molecular weight is 127 g/mol. The van der Waals surface area contributed by atoms with E-state index in [1.165, 1.54) is 0 Å². The summed E-state index contributed by atoms with van der Waals surface area (Å²) < 4.78 is 0. The van der Waals surface area contributed by atoms with Crippen molar-refractivity contribution >= 4 is 0 Å². The third kappa shape index (κ3) is 1.87. The molecule has 0 fully saturated rings. The van der Waals surface area contributed by atoms with Crippen molar-refractivity contribution in [1.29, 1.82) is 0 Å². The number of H-pyrrole nitrogens is 1. The lowest BCUT2D eigenvalue weighted by Crippen LogP contribution is -2.07. The molecule has 0 unspecified atom stereocenters. The molecule has 3 heteroatoms. The summed E-state index contributed by atoms with van der Waals surface area (Å²) in [6, 6.07) is 3.62. The van der Waals surface area contributed by atoms with Crippen molar-refractivity contribution < 1.29 is 10.2 Å². The third-order valence-corrected chi connectivity index (χ3v) is 1.06. The van der Waals surface area contributed by atoms with Gasteiger partial charge in [-0.3, -0.25) is 0 Å². The molecule has 9 heavy (non-hydrogen) atoms. The monoisotopic (exact) mass is 127 g/mol. The number of rotatable bonds is 2. The van der Waals surface area contributed by atoms with Crippen LogP contribution in [0.15, 0.2) is 18.3 Å². The summed E-state index contributed by atoms with van der Waals surface area (Å²) in [7, 11) is 0. The molecule has 0 aromatic carbocycles. The van der Waals surface area contributed by atoms with Gasteiger partial charge >= 0.3 is 0 Å². The molecule has 1 aromatic heterocycles. The Labute approximate surface area is 53.0 Å². The molecule has 0 radical (unpaired) electrons. The summed E-state index contributed by atoms with van der Waals surface area (Å²) in [5.74, 6) is 0. The fraction of sp³-hybridized carbons (Fsp3) is 0.333. The summed E-state index contributed by atoms with van der Waals surface area (Å²) >= 11 is 0. The van der Waals surface area contributed by atoms with Gasteiger partial charge in [0, 0.05) is 18.3 Å². The average Bonchev–Trinajstić information content (AvgIpc) is 2.15. The van der Waals surface area contributed by atoms with E-state index in [-0.39, 0.29) is 6.42 Å². The second kappa shape index (κ2) is 2.66. The van der Waals surface area contributed by atoms with E-state index in [2.05, 4.69) is 4.98 Å². The minimum absolute atomic E-state index is 0.271. The number of aliphatic hydroxyl groups is 2. The maximum atomic E-state index is 8.46. The Morgan fingerprint density at radius 3 is 2.78 bits per heavy atom. The molecule has 3 N–H and O–H groups in total. The predicted octanol–water partition coefficient (Wildman–Crippen LogP) is -0.132. The van der Waals surface area contributed by atoms with Crippen LogP contribution in [0.3, 0.4) is 0 Å². The van der Waals surface area contributed by atoms with Crippen LogP contribution in [0.5, 0.6) is 0 Å². The largest absolute Gasteiger partial charge is 0.368 e. The van der Waals surface area contributed by atoms with Gasteiger partial charge in [0.25, 0.3) is 0 Å². The molecule has 0 saturated carbocycles. The molecule has 0 atom stereocenters. The van der Waals surface area contributed by atoms with E-state index >= 15 is 0 Å². The van der Waals surface area contributed by atoms with Crippen LogP contribution in [0.2, 0.25) is 0 Å². The van der Waals surface area contributed by atoms with Crippen LogP contribution in [0.1, 0.15) is 5.69 Å². The molecule has 0 aliphatic carbocycles. The zero-order valence-electron chi connectivity index (χ0n) is 4.91. The molecule has 1 heterocycles. The Balaban J connectivity index is 2.48. The molecule has 0 saturated heterocycles. The fourth-order valence-electron chi connectivity index (χ4n) is 0.691. The predicted molar refractivity (Wildman–Crippen MR) is 32.7 cm³/mol. The zero-order valence-corrected chi connectivity index (χ0v) is 4.91.